The molecule has 144 valence electrons. The third kappa shape index (κ3) is 4.01. The molecule has 0 unspecified atom stereocenters. The number of aromatic hydroxyl groups is 1. The predicted octanol–water partition coefficient (Wildman–Crippen LogP) is 3.09. The van der Waals surface area contributed by atoms with Crippen LogP contribution in [-0.4, -0.2) is 25.7 Å². The van der Waals surface area contributed by atoms with Gasteiger partial charge in [-0.05, 0) is 31.5 Å². The molecule has 3 aromatic rings. The lowest BCUT2D eigenvalue weighted by molar-refractivity contribution is -0.385. The second-order valence-corrected chi connectivity index (χ2v) is 6.44. The highest BCUT2D eigenvalue weighted by Crippen LogP contribution is 2.26. The first-order chi connectivity index (χ1) is 13.4. The number of nitrogens with zero attached hydrogens (tertiary/aromatic N) is 3. The van der Waals surface area contributed by atoms with Gasteiger partial charge in [0, 0.05) is 29.4 Å². The fraction of sp³-hybridized carbons (Fsp3) is 0.200. The minimum absolute atomic E-state index is 0.148. The molecule has 0 aliphatic carbocycles. The molecule has 0 radical (unpaired) electrons. The minimum Gasteiger partial charge on any atom is -0.502 e. The summed E-state index contributed by atoms with van der Waals surface area (Å²) in [5, 5.41) is 27.8. The molecule has 1 amide bonds. The zero-order valence-electron chi connectivity index (χ0n) is 15.5. The summed E-state index contributed by atoms with van der Waals surface area (Å²) in [6, 6.07) is 13.5. The SMILES string of the molecule is Cc1nn(Cc2ccccc2)c(C)c1CNC(=O)c1ccc([N+](=O)[O-])c(O)c1. The van der Waals surface area contributed by atoms with Crippen molar-refractivity contribution in [1.82, 2.24) is 15.1 Å². The Morgan fingerprint density at radius 2 is 1.93 bits per heavy atom. The fourth-order valence-electron chi connectivity index (χ4n) is 2.99. The van der Waals surface area contributed by atoms with E-state index in [-0.39, 0.29) is 12.1 Å². The summed E-state index contributed by atoms with van der Waals surface area (Å²) in [5.74, 6) is -0.972. The zero-order chi connectivity index (χ0) is 20.3. The monoisotopic (exact) mass is 380 g/mol. The van der Waals surface area contributed by atoms with Gasteiger partial charge in [0.05, 0.1) is 17.2 Å². The van der Waals surface area contributed by atoms with Crippen LogP contribution in [0.5, 0.6) is 5.75 Å². The van der Waals surface area contributed by atoms with Gasteiger partial charge >= 0.3 is 5.69 Å². The molecule has 0 bridgehead atoms. The Bertz CT molecular complexity index is 1030. The van der Waals surface area contributed by atoms with Gasteiger partial charge in [0.1, 0.15) is 0 Å². The summed E-state index contributed by atoms with van der Waals surface area (Å²) in [4.78, 5) is 22.4. The standard InChI is InChI=1S/C20H20N4O4/c1-13-17(14(2)23(22-13)12-15-6-4-3-5-7-15)11-21-20(26)16-8-9-18(24(27)28)19(25)10-16/h3-10,25H,11-12H2,1-2H3,(H,21,26). The van der Waals surface area contributed by atoms with Crippen LogP contribution in [0, 0.1) is 24.0 Å². The number of amides is 1. The van der Waals surface area contributed by atoms with Gasteiger partial charge in [0.15, 0.2) is 5.75 Å². The van der Waals surface area contributed by atoms with Crippen LogP contribution in [-0.2, 0) is 13.1 Å². The Balaban J connectivity index is 1.71. The zero-order valence-corrected chi connectivity index (χ0v) is 15.5. The van der Waals surface area contributed by atoms with Gasteiger partial charge in [-0.3, -0.25) is 19.6 Å². The largest absolute Gasteiger partial charge is 0.502 e. The predicted molar refractivity (Wildman–Crippen MR) is 103 cm³/mol. The Hall–Kier alpha value is -3.68. The lowest BCUT2D eigenvalue weighted by atomic mass is 10.1. The van der Waals surface area contributed by atoms with E-state index in [0.29, 0.717) is 6.54 Å². The molecule has 28 heavy (non-hydrogen) atoms. The van der Waals surface area contributed by atoms with E-state index in [0.717, 1.165) is 34.6 Å². The third-order valence-electron chi connectivity index (χ3n) is 4.57. The molecular formula is C20H20N4O4. The normalized spacial score (nSPS) is 10.6. The fourth-order valence-corrected chi connectivity index (χ4v) is 2.99. The summed E-state index contributed by atoms with van der Waals surface area (Å²) >= 11 is 0. The average Bonchev–Trinajstić information content (AvgIpc) is 2.93. The number of nitro benzene ring substituents is 1. The second-order valence-electron chi connectivity index (χ2n) is 6.44. The van der Waals surface area contributed by atoms with E-state index in [2.05, 4.69) is 10.4 Å². The van der Waals surface area contributed by atoms with Gasteiger partial charge in [-0.25, -0.2) is 0 Å². The van der Waals surface area contributed by atoms with Crippen LogP contribution in [0.1, 0.15) is 32.9 Å². The van der Waals surface area contributed by atoms with Gasteiger partial charge in [-0.15, -0.1) is 0 Å². The van der Waals surface area contributed by atoms with Crippen molar-refractivity contribution in [2.75, 3.05) is 0 Å². The Morgan fingerprint density at radius 1 is 1.21 bits per heavy atom. The molecule has 8 heteroatoms. The summed E-state index contributed by atoms with van der Waals surface area (Å²) in [6.45, 7) is 4.73. The molecule has 2 aromatic carbocycles. The van der Waals surface area contributed by atoms with Crippen molar-refractivity contribution in [2.24, 2.45) is 0 Å². The van der Waals surface area contributed by atoms with E-state index in [9.17, 15) is 20.0 Å². The quantitative estimate of drug-likeness (QED) is 0.504. The molecule has 0 fully saturated rings. The maximum atomic E-state index is 12.4. The molecule has 1 heterocycles. The van der Waals surface area contributed by atoms with Crippen LogP contribution in [0.2, 0.25) is 0 Å². The molecule has 0 atom stereocenters. The van der Waals surface area contributed by atoms with Crippen LogP contribution in [0.15, 0.2) is 48.5 Å². The Morgan fingerprint density at radius 3 is 2.57 bits per heavy atom. The first-order valence-electron chi connectivity index (χ1n) is 8.69. The molecule has 0 aliphatic heterocycles. The molecule has 0 aliphatic rings. The second kappa shape index (κ2) is 7.91. The molecule has 1 aromatic heterocycles. The first-order valence-corrected chi connectivity index (χ1v) is 8.69. The maximum Gasteiger partial charge on any atom is 0.310 e. The molecule has 0 saturated carbocycles. The number of hydrogen-bond acceptors (Lipinski definition) is 5. The topological polar surface area (TPSA) is 110 Å². The smallest absolute Gasteiger partial charge is 0.310 e. The van der Waals surface area contributed by atoms with Crippen LogP contribution >= 0.6 is 0 Å². The lowest BCUT2D eigenvalue weighted by Gasteiger charge is -2.08. The van der Waals surface area contributed by atoms with Crippen molar-refractivity contribution < 1.29 is 14.8 Å². The van der Waals surface area contributed by atoms with E-state index < -0.39 is 22.3 Å². The van der Waals surface area contributed by atoms with Crippen molar-refractivity contribution in [1.29, 1.82) is 0 Å². The van der Waals surface area contributed by atoms with Crippen molar-refractivity contribution in [3.8, 4) is 5.75 Å². The molecule has 2 N–H and O–H groups in total. The number of carbonyl (C=O) groups is 1. The highest BCUT2D eigenvalue weighted by molar-refractivity contribution is 5.95. The van der Waals surface area contributed by atoms with E-state index >= 15 is 0 Å². The number of nitrogens with one attached hydrogen (secondary N) is 1. The van der Waals surface area contributed by atoms with Gasteiger partial charge in [0.25, 0.3) is 5.91 Å². The Kier molecular flexibility index (Phi) is 5.39. The van der Waals surface area contributed by atoms with Crippen LogP contribution in [0.25, 0.3) is 0 Å². The van der Waals surface area contributed by atoms with Crippen LogP contribution in [0.3, 0.4) is 0 Å². The van der Waals surface area contributed by atoms with Crippen molar-refractivity contribution >= 4 is 11.6 Å². The van der Waals surface area contributed by atoms with E-state index in [1.807, 2.05) is 48.9 Å². The lowest BCUT2D eigenvalue weighted by Crippen LogP contribution is -2.23. The summed E-state index contributed by atoms with van der Waals surface area (Å²) in [7, 11) is 0. The highest BCUT2D eigenvalue weighted by Gasteiger charge is 2.17. The van der Waals surface area contributed by atoms with Gasteiger partial charge in [-0.2, -0.15) is 5.10 Å². The number of hydrogen-bond donors (Lipinski definition) is 2. The number of aryl methyl sites for hydroxylation is 1. The number of rotatable bonds is 6. The van der Waals surface area contributed by atoms with Crippen LogP contribution in [0.4, 0.5) is 5.69 Å². The highest BCUT2D eigenvalue weighted by atomic mass is 16.6. The number of phenols is 1. The minimum atomic E-state index is -0.704. The van der Waals surface area contributed by atoms with Gasteiger partial charge in [-0.1, -0.05) is 30.3 Å². The summed E-state index contributed by atoms with van der Waals surface area (Å²) in [6.07, 6.45) is 0. The molecule has 0 spiro atoms. The Labute approximate surface area is 161 Å². The van der Waals surface area contributed by atoms with Gasteiger partial charge < -0.3 is 10.4 Å². The molecule has 0 saturated heterocycles. The average molecular weight is 380 g/mol. The number of phenolic OH excluding ortho intramolecular Hbond substituents is 1. The summed E-state index contributed by atoms with van der Waals surface area (Å²) in [5.41, 5.74) is 3.52. The van der Waals surface area contributed by atoms with E-state index in [4.69, 9.17) is 0 Å². The molecule has 3 rings (SSSR count). The summed E-state index contributed by atoms with van der Waals surface area (Å²) < 4.78 is 1.89. The number of benzene rings is 2. The van der Waals surface area contributed by atoms with Crippen LogP contribution < -0.4 is 5.32 Å². The van der Waals surface area contributed by atoms with E-state index in [1.54, 1.807) is 0 Å². The van der Waals surface area contributed by atoms with Crippen molar-refractivity contribution in [3.63, 3.8) is 0 Å². The number of carbonyl (C=O) groups excluding carboxylic acids is 1. The maximum absolute atomic E-state index is 12.4. The van der Waals surface area contributed by atoms with Crippen molar-refractivity contribution in [2.45, 2.75) is 26.9 Å². The first kappa shape index (κ1) is 19.1. The molecular weight excluding hydrogens is 360 g/mol. The number of nitro groups is 1. The van der Waals surface area contributed by atoms with E-state index in [1.165, 1.54) is 6.07 Å². The van der Waals surface area contributed by atoms with Crippen molar-refractivity contribution in [3.05, 3.63) is 86.7 Å². The third-order valence-corrected chi connectivity index (χ3v) is 4.57. The number of aromatic nitrogens is 2. The van der Waals surface area contributed by atoms with Gasteiger partial charge in [0.2, 0.25) is 0 Å². The molecule has 8 nitrogen and oxygen atoms in total.